The zero-order valence-corrected chi connectivity index (χ0v) is 9.30. The summed E-state index contributed by atoms with van der Waals surface area (Å²) in [6.07, 6.45) is 12.5. The number of carbonyl (C=O) groups excluding carboxylic acids is 1. The molecule has 1 aliphatic carbocycles. The topological polar surface area (TPSA) is 46.9 Å². The van der Waals surface area contributed by atoms with E-state index in [0.29, 0.717) is 6.54 Å². The molecule has 0 aliphatic heterocycles. The van der Waals surface area contributed by atoms with Crippen LogP contribution >= 0.6 is 0 Å². The Morgan fingerprint density at radius 3 is 3.12 bits per heavy atom. The number of aromatic nitrogens is 2. The molecule has 1 heterocycles. The second-order valence-corrected chi connectivity index (χ2v) is 4.07. The van der Waals surface area contributed by atoms with Gasteiger partial charge in [0.15, 0.2) is 0 Å². The smallest absolute Gasteiger partial charge is 0.223 e. The van der Waals surface area contributed by atoms with Crippen LogP contribution in [0.3, 0.4) is 0 Å². The maximum Gasteiger partial charge on any atom is 0.223 e. The van der Waals surface area contributed by atoms with Crippen LogP contribution in [0.2, 0.25) is 0 Å². The molecule has 0 radical (unpaired) electrons. The lowest BCUT2D eigenvalue weighted by Crippen LogP contribution is -2.33. The predicted octanol–water partition coefficient (Wildman–Crippen LogP) is 1.36. The largest absolute Gasteiger partial charge is 0.354 e. The molecule has 0 aromatic carbocycles. The molecule has 1 aromatic heterocycles. The number of allylic oxidation sites excluding steroid dienone is 2. The Morgan fingerprint density at radius 2 is 2.44 bits per heavy atom. The summed E-state index contributed by atoms with van der Waals surface area (Å²) in [7, 11) is 0. The van der Waals surface area contributed by atoms with Gasteiger partial charge in [-0.15, -0.1) is 0 Å². The Balaban J connectivity index is 1.69. The lowest BCUT2D eigenvalue weighted by Gasteiger charge is -2.17. The van der Waals surface area contributed by atoms with E-state index in [1.54, 1.807) is 12.5 Å². The van der Waals surface area contributed by atoms with Crippen LogP contribution < -0.4 is 5.32 Å². The number of imidazole rings is 1. The number of carbonyl (C=O) groups is 1. The Kier molecular flexibility index (Phi) is 3.75. The number of hydrogen-bond acceptors (Lipinski definition) is 2. The summed E-state index contributed by atoms with van der Waals surface area (Å²) in [6.45, 7) is 1.46. The Hall–Kier alpha value is -1.58. The molecule has 86 valence electrons. The van der Waals surface area contributed by atoms with E-state index in [1.165, 1.54) is 0 Å². The van der Waals surface area contributed by atoms with Gasteiger partial charge < -0.3 is 9.88 Å². The molecule has 1 atom stereocenters. The van der Waals surface area contributed by atoms with Crippen molar-refractivity contribution in [1.29, 1.82) is 0 Å². The Labute approximate surface area is 95.4 Å². The molecule has 1 aromatic rings. The number of amides is 1. The van der Waals surface area contributed by atoms with Gasteiger partial charge in [0.2, 0.25) is 5.91 Å². The summed E-state index contributed by atoms with van der Waals surface area (Å²) in [5.41, 5.74) is 0. The minimum Gasteiger partial charge on any atom is -0.354 e. The SMILES string of the molecule is O=C(NCCn1ccnc1)[C@H]1CC=CCC1. The molecule has 16 heavy (non-hydrogen) atoms. The first-order chi connectivity index (χ1) is 7.86. The fraction of sp³-hybridized carbons (Fsp3) is 0.500. The highest BCUT2D eigenvalue weighted by Crippen LogP contribution is 2.17. The van der Waals surface area contributed by atoms with Crippen LogP contribution in [0.4, 0.5) is 0 Å². The first-order valence-corrected chi connectivity index (χ1v) is 5.75. The van der Waals surface area contributed by atoms with Crippen LogP contribution in [0.25, 0.3) is 0 Å². The van der Waals surface area contributed by atoms with E-state index in [9.17, 15) is 4.79 Å². The van der Waals surface area contributed by atoms with E-state index in [2.05, 4.69) is 22.5 Å². The monoisotopic (exact) mass is 219 g/mol. The number of nitrogens with one attached hydrogen (secondary N) is 1. The molecular weight excluding hydrogens is 202 g/mol. The van der Waals surface area contributed by atoms with E-state index in [0.717, 1.165) is 25.8 Å². The summed E-state index contributed by atoms with van der Waals surface area (Å²) in [6, 6.07) is 0. The summed E-state index contributed by atoms with van der Waals surface area (Å²) in [5, 5.41) is 2.97. The van der Waals surface area contributed by atoms with Crippen molar-refractivity contribution in [3.8, 4) is 0 Å². The van der Waals surface area contributed by atoms with Gasteiger partial charge >= 0.3 is 0 Å². The van der Waals surface area contributed by atoms with E-state index in [4.69, 9.17) is 0 Å². The van der Waals surface area contributed by atoms with Gasteiger partial charge in [-0.1, -0.05) is 12.2 Å². The highest BCUT2D eigenvalue weighted by molar-refractivity contribution is 5.78. The number of nitrogens with zero attached hydrogens (tertiary/aromatic N) is 2. The highest BCUT2D eigenvalue weighted by Gasteiger charge is 2.17. The minimum atomic E-state index is 0.174. The summed E-state index contributed by atoms with van der Waals surface area (Å²) in [5.74, 6) is 0.359. The maximum absolute atomic E-state index is 11.8. The lowest BCUT2D eigenvalue weighted by atomic mass is 9.94. The molecule has 0 unspecified atom stereocenters. The molecule has 1 aliphatic rings. The van der Waals surface area contributed by atoms with Gasteiger partial charge in [0.1, 0.15) is 0 Å². The molecule has 0 spiro atoms. The van der Waals surface area contributed by atoms with Crippen molar-refractivity contribution in [2.45, 2.75) is 25.8 Å². The van der Waals surface area contributed by atoms with Crippen molar-refractivity contribution >= 4 is 5.91 Å². The second-order valence-electron chi connectivity index (χ2n) is 4.07. The van der Waals surface area contributed by atoms with Gasteiger partial charge in [0.25, 0.3) is 0 Å². The van der Waals surface area contributed by atoms with Gasteiger partial charge in [0, 0.05) is 31.4 Å². The van der Waals surface area contributed by atoms with E-state index >= 15 is 0 Å². The van der Waals surface area contributed by atoms with E-state index in [-0.39, 0.29) is 11.8 Å². The predicted molar refractivity (Wildman–Crippen MR) is 61.7 cm³/mol. The van der Waals surface area contributed by atoms with Gasteiger partial charge in [0.05, 0.1) is 6.33 Å². The number of hydrogen-bond donors (Lipinski definition) is 1. The van der Waals surface area contributed by atoms with Crippen molar-refractivity contribution in [3.05, 3.63) is 30.9 Å². The fourth-order valence-corrected chi connectivity index (χ4v) is 1.90. The van der Waals surface area contributed by atoms with Gasteiger partial charge in [-0.05, 0) is 19.3 Å². The average Bonchev–Trinajstić information content (AvgIpc) is 2.83. The van der Waals surface area contributed by atoms with Crippen molar-refractivity contribution in [2.24, 2.45) is 5.92 Å². The molecule has 0 bridgehead atoms. The third kappa shape index (κ3) is 2.95. The molecular formula is C12H17N3O. The number of rotatable bonds is 4. The van der Waals surface area contributed by atoms with Crippen molar-refractivity contribution in [2.75, 3.05) is 6.54 Å². The average molecular weight is 219 g/mol. The maximum atomic E-state index is 11.8. The summed E-state index contributed by atoms with van der Waals surface area (Å²) in [4.78, 5) is 15.7. The molecule has 4 heteroatoms. The van der Waals surface area contributed by atoms with Crippen LogP contribution in [0.15, 0.2) is 30.9 Å². The fourth-order valence-electron chi connectivity index (χ4n) is 1.90. The third-order valence-corrected chi connectivity index (χ3v) is 2.87. The molecule has 1 N–H and O–H groups in total. The minimum absolute atomic E-state index is 0.174. The van der Waals surface area contributed by atoms with Crippen LogP contribution in [-0.2, 0) is 11.3 Å². The summed E-state index contributed by atoms with van der Waals surface area (Å²) >= 11 is 0. The van der Waals surface area contributed by atoms with Gasteiger partial charge in [-0.25, -0.2) is 4.98 Å². The van der Waals surface area contributed by atoms with E-state index in [1.807, 2.05) is 10.8 Å². The second kappa shape index (κ2) is 5.49. The Bertz CT molecular complexity index is 356. The van der Waals surface area contributed by atoms with Crippen LogP contribution in [0.5, 0.6) is 0 Å². The molecule has 0 saturated heterocycles. The normalized spacial score (nSPS) is 19.6. The molecule has 0 fully saturated rings. The van der Waals surface area contributed by atoms with Crippen LogP contribution in [0.1, 0.15) is 19.3 Å². The molecule has 0 saturated carbocycles. The molecule has 2 rings (SSSR count). The van der Waals surface area contributed by atoms with Crippen LogP contribution in [-0.4, -0.2) is 22.0 Å². The standard InChI is InChI=1S/C12H17N3O/c16-12(11-4-2-1-3-5-11)14-7-9-15-8-6-13-10-15/h1-2,6,8,10-11H,3-5,7,9H2,(H,14,16)/t11-/m0/s1. The first kappa shape index (κ1) is 10.9. The first-order valence-electron chi connectivity index (χ1n) is 5.75. The van der Waals surface area contributed by atoms with Crippen molar-refractivity contribution < 1.29 is 4.79 Å². The van der Waals surface area contributed by atoms with E-state index < -0.39 is 0 Å². The van der Waals surface area contributed by atoms with Crippen molar-refractivity contribution in [1.82, 2.24) is 14.9 Å². The quantitative estimate of drug-likeness (QED) is 0.777. The van der Waals surface area contributed by atoms with Crippen LogP contribution in [0, 0.1) is 5.92 Å². The zero-order valence-electron chi connectivity index (χ0n) is 9.30. The lowest BCUT2D eigenvalue weighted by molar-refractivity contribution is -0.125. The highest BCUT2D eigenvalue weighted by atomic mass is 16.1. The van der Waals surface area contributed by atoms with Gasteiger partial charge in [-0.2, -0.15) is 0 Å². The zero-order chi connectivity index (χ0) is 11.2. The third-order valence-electron chi connectivity index (χ3n) is 2.87. The molecule has 1 amide bonds. The van der Waals surface area contributed by atoms with Gasteiger partial charge in [-0.3, -0.25) is 4.79 Å². The summed E-state index contributed by atoms with van der Waals surface area (Å²) < 4.78 is 1.96. The van der Waals surface area contributed by atoms with Crippen molar-refractivity contribution in [3.63, 3.8) is 0 Å². The molecule has 4 nitrogen and oxygen atoms in total. The Morgan fingerprint density at radius 1 is 1.50 bits per heavy atom.